The van der Waals surface area contributed by atoms with Gasteiger partial charge in [-0.1, -0.05) is 96.6 Å². The summed E-state index contributed by atoms with van der Waals surface area (Å²) in [7, 11) is 0. The first-order chi connectivity index (χ1) is 19.0. The third-order valence-electron chi connectivity index (χ3n) is 8.12. The Morgan fingerprint density at radius 1 is 0.600 bits per heavy atom. The molecule has 0 fully saturated rings. The standard InChI is InChI=1S/C33H61NO6/c1-5-6-7-8-9-10-11-12-13-14-15-16-17-18-19-20-21-22-23-24-34(25-28(2)31(35)36,26-29(3)32(37)38)27-30(4)33(39)40/h13-14,28-30H,5-12,15-27H2,1-4H3,(H2-,35,36,37,38,39,40)/b14-13+. The molecule has 0 radical (unpaired) electrons. The fraction of sp³-hybridized carbons (Fsp3) is 0.848. The molecule has 40 heavy (non-hydrogen) atoms. The molecule has 0 amide bonds. The second-order valence-electron chi connectivity index (χ2n) is 12.3. The van der Waals surface area contributed by atoms with Crippen molar-refractivity contribution in [3.8, 4) is 0 Å². The van der Waals surface area contributed by atoms with Crippen LogP contribution in [0.5, 0.6) is 0 Å². The molecule has 0 bridgehead atoms. The van der Waals surface area contributed by atoms with Crippen LogP contribution in [0, 0.1) is 17.8 Å². The van der Waals surface area contributed by atoms with Crippen LogP contribution in [-0.4, -0.2) is 58.8 Å². The van der Waals surface area contributed by atoms with E-state index in [1.807, 2.05) is 0 Å². The minimum absolute atomic E-state index is 0.183. The first-order valence-corrected chi connectivity index (χ1v) is 16.2. The molecule has 0 saturated heterocycles. The Labute approximate surface area is 245 Å². The van der Waals surface area contributed by atoms with E-state index in [2.05, 4.69) is 19.1 Å². The third-order valence-corrected chi connectivity index (χ3v) is 8.12. The second-order valence-corrected chi connectivity index (χ2v) is 12.3. The lowest BCUT2D eigenvalue weighted by Gasteiger charge is -2.43. The second kappa shape index (κ2) is 23.8. The van der Waals surface area contributed by atoms with Crippen LogP contribution >= 0.6 is 0 Å². The number of hydrogen-bond acceptors (Lipinski definition) is 4. The van der Waals surface area contributed by atoms with Crippen molar-refractivity contribution in [1.82, 2.24) is 0 Å². The molecule has 7 nitrogen and oxygen atoms in total. The lowest BCUT2D eigenvalue weighted by molar-refractivity contribution is -0.934. The van der Waals surface area contributed by atoms with Gasteiger partial charge in [0.05, 0.1) is 26.2 Å². The van der Waals surface area contributed by atoms with Crippen LogP contribution in [0.1, 0.15) is 137 Å². The average molecular weight is 568 g/mol. The van der Waals surface area contributed by atoms with E-state index < -0.39 is 35.7 Å². The predicted molar refractivity (Wildman–Crippen MR) is 161 cm³/mol. The summed E-state index contributed by atoms with van der Waals surface area (Å²) in [6.07, 6.45) is 25.6. The molecule has 0 aromatic heterocycles. The van der Waals surface area contributed by atoms with Gasteiger partial charge >= 0.3 is 11.9 Å². The average Bonchev–Trinajstić information content (AvgIpc) is 2.89. The highest BCUT2D eigenvalue weighted by Gasteiger charge is 2.36. The first kappa shape index (κ1) is 38.1. The number of carboxylic acids is 3. The van der Waals surface area contributed by atoms with Crippen molar-refractivity contribution in [3.05, 3.63) is 12.2 Å². The molecule has 0 spiro atoms. The molecule has 0 aliphatic carbocycles. The van der Waals surface area contributed by atoms with E-state index >= 15 is 0 Å². The third kappa shape index (κ3) is 20.1. The van der Waals surface area contributed by atoms with Crippen LogP contribution in [0.2, 0.25) is 0 Å². The number of carbonyl (C=O) groups excluding carboxylic acids is 1. The van der Waals surface area contributed by atoms with Crippen LogP contribution in [0.25, 0.3) is 0 Å². The number of carboxylic acid groups (broad SMARTS) is 3. The molecule has 0 heterocycles. The maximum Gasteiger partial charge on any atom is 0.311 e. The van der Waals surface area contributed by atoms with Gasteiger partial charge in [0.1, 0.15) is 11.8 Å². The van der Waals surface area contributed by atoms with Crippen LogP contribution in [0.4, 0.5) is 0 Å². The summed E-state index contributed by atoms with van der Waals surface area (Å²) < 4.78 is 0.183. The van der Waals surface area contributed by atoms with Crippen LogP contribution < -0.4 is 5.11 Å². The summed E-state index contributed by atoms with van der Waals surface area (Å²) in [5.74, 6) is -5.24. The summed E-state index contributed by atoms with van der Waals surface area (Å²) >= 11 is 0. The maximum absolute atomic E-state index is 11.6. The molecule has 0 aliphatic heterocycles. The van der Waals surface area contributed by atoms with E-state index in [0.717, 1.165) is 25.7 Å². The van der Waals surface area contributed by atoms with Crippen molar-refractivity contribution >= 4 is 17.9 Å². The number of carbonyl (C=O) groups is 3. The van der Waals surface area contributed by atoms with Crippen LogP contribution in [0.3, 0.4) is 0 Å². The molecule has 234 valence electrons. The van der Waals surface area contributed by atoms with E-state index in [0.29, 0.717) is 6.54 Å². The highest BCUT2D eigenvalue weighted by atomic mass is 16.4. The van der Waals surface area contributed by atoms with Gasteiger partial charge in [0.25, 0.3) is 0 Å². The Bertz CT molecular complexity index is 652. The topological polar surface area (TPSA) is 115 Å². The number of allylic oxidation sites excluding steroid dienone is 2. The Morgan fingerprint density at radius 3 is 1.32 bits per heavy atom. The van der Waals surface area contributed by atoms with Gasteiger partial charge in [0.15, 0.2) is 0 Å². The minimum atomic E-state index is -1.18. The number of unbranched alkanes of at least 4 members (excludes halogenated alkanes) is 15. The van der Waals surface area contributed by atoms with Crippen molar-refractivity contribution in [3.63, 3.8) is 0 Å². The highest BCUT2D eigenvalue weighted by Crippen LogP contribution is 2.22. The summed E-state index contributed by atoms with van der Waals surface area (Å²) in [6, 6.07) is 0. The SMILES string of the molecule is CCCCCCCCC/C=C/CCCCCCCCCC[N+](CC(C)C(=O)[O-])(CC(C)C(=O)O)CC(C)C(=O)O. The normalized spacial score (nSPS) is 15.5. The lowest BCUT2D eigenvalue weighted by Crippen LogP contribution is -2.58. The number of hydrogen-bond donors (Lipinski definition) is 2. The Kier molecular flexibility index (Phi) is 22.7. The van der Waals surface area contributed by atoms with Gasteiger partial charge in [-0.05, 0) is 52.4 Å². The minimum Gasteiger partial charge on any atom is -0.550 e. The fourth-order valence-corrected chi connectivity index (χ4v) is 5.70. The number of rotatable bonds is 28. The van der Waals surface area contributed by atoms with Crippen LogP contribution in [0.15, 0.2) is 12.2 Å². The van der Waals surface area contributed by atoms with Crippen molar-refractivity contribution < 1.29 is 34.2 Å². The Hall–Kier alpha value is -1.89. The molecular formula is C33H61NO6. The Balaban J connectivity index is 4.33. The van der Waals surface area contributed by atoms with Gasteiger partial charge in [0.2, 0.25) is 0 Å². The molecule has 3 unspecified atom stereocenters. The van der Waals surface area contributed by atoms with Crippen molar-refractivity contribution in [2.24, 2.45) is 17.8 Å². The van der Waals surface area contributed by atoms with Gasteiger partial charge < -0.3 is 24.6 Å². The van der Waals surface area contributed by atoms with Crippen LogP contribution in [-0.2, 0) is 14.4 Å². The van der Waals surface area contributed by atoms with Crippen molar-refractivity contribution in [2.75, 3.05) is 26.2 Å². The van der Waals surface area contributed by atoms with E-state index in [4.69, 9.17) is 0 Å². The molecule has 0 rings (SSSR count). The van der Waals surface area contributed by atoms with Gasteiger partial charge in [-0.3, -0.25) is 9.59 Å². The van der Waals surface area contributed by atoms with E-state index in [1.165, 1.54) is 83.5 Å². The monoisotopic (exact) mass is 567 g/mol. The van der Waals surface area contributed by atoms with Crippen molar-refractivity contribution in [2.45, 2.75) is 137 Å². The molecule has 0 aromatic rings. The fourth-order valence-electron chi connectivity index (χ4n) is 5.70. The first-order valence-electron chi connectivity index (χ1n) is 16.2. The van der Waals surface area contributed by atoms with Gasteiger partial charge in [-0.25, -0.2) is 0 Å². The quantitative estimate of drug-likeness (QED) is 0.0608. The maximum atomic E-state index is 11.6. The highest BCUT2D eigenvalue weighted by molar-refractivity contribution is 5.70. The summed E-state index contributed by atoms with van der Waals surface area (Å²) in [6.45, 7) is 8.24. The number of nitrogens with zero attached hydrogens (tertiary/aromatic N) is 1. The zero-order chi connectivity index (χ0) is 30.2. The number of aliphatic carboxylic acids is 3. The molecule has 2 N–H and O–H groups in total. The summed E-state index contributed by atoms with van der Waals surface area (Å²) in [4.78, 5) is 34.7. The molecular weight excluding hydrogens is 506 g/mol. The molecule has 0 saturated carbocycles. The smallest absolute Gasteiger partial charge is 0.311 e. The molecule has 0 aromatic carbocycles. The molecule has 0 aliphatic rings. The summed E-state index contributed by atoms with van der Waals surface area (Å²) in [5, 5.41) is 30.5. The van der Waals surface area contributed by atoms with Gasteiger partial charge in [0, 0.05) is 11.9 Å². The molecule has 3 atom stereocenters. The van der Waals surface area contributed by atoms with E-state index in [-0.39, 0.29) is 24.1 Å². The predicted octanol–water partition coefficient (Wildman–Crippen LogP) is 6.84. The largest absolute Gasteiger partial charge is 0.550 e. The Morgan fingerprint density at radius 2 is 0.950 bits per heavy atom. The lowest BCUT2D eigenvalue weighted by atomic mass is 10.00. The van der Waals surface area contributed by atoms with Gasteiger partial charge in [-0.2, -0.15) is 0 Å². The van der Waals surface area contributed by atoms with Gasteiger partial charge in [-0.15, -0.1) is 0 Å². The van der Waals surface area contributed by atoms with E-state index in [9.17, 15) is 29.7 Å². The van der Waals surface area contributed by atoms with Crippen molar-refractivity contribution in [1.29, 1.82) is 0 Å². The van der Waals surface area contributed by atoms with E-state index in [1.54, 1.807) is 20.8 Å². The zero-order valence-corrected chi connectivity index (χ0v) is 26.2. The zero-order valence-electron chi connectivity index (χ0n) is 26.2. The summed E-state index contributed by atoms with van der Waals surface area (Å²) in [5.41, 5.74) is 0. The molecule has 7 heteroatoms. The number of quaternary nitrogens is 1.